The summed E-state index contributed by atoms with van der Waals surface area (Å²) in [5.41, 5.74) is 0. The summed E-state index contributed by atoms with van der Waals surface area (Å²) < 4.78 is 29.9. The van der Waals surface area contributed by atoms with Crippen molar-refractivity contribution in [1.29, 1.82) is 0 Å². The average Bonchev–Trinajstić information content (AvgIpc) is 2.84. The van der Waals surface area contributed by atoms with Crippen LogP contribution >= 0.6 is 22.6 Å². The molecule has 1 aromatic rings. The zero-order valence-electron chi connectivity index (χ0n) is 9.94. The molecule has 0 aliphatic rings. The number of aromatic nitrogens is 2. The zero-order chi connectivity index (χ0) is 13.8. The number of esters is 1. The topological polar surface area (TPSA) is 101 Å². The number of carbonyl (C=O) groups is 1. The predicted molar refractivity (Wildman–Crippen MR) is 73.0 cm³/mol. The molecule has 1 rings (SSSR count). The highest BCUT2D eigenvalue weighted by Gasteiger charge is 2.21. The number of ether oxygens (including phenoxy) is 1. The Morgan fingerprint density at radius 2 is 2.33 bits per heavy atom. The van der Waals surface area contributed by atoms with E-state index in [-0.39, 0.29) is 11.6 Å². The first-order valence-corrected chi connectivity index (χ1v) is 7.89. The minimum Gasteiger partial charge on any atom is -0.468 e. The van der Waals surface area contributed by atoms with Crippen molar-refractivity contribution in [3.8, 4) is 0 Å². The number of hydrogen-bond acceptors (Lipinski definition) is 5. The summed E-state index contributed by atoms with van der Waals surface area (Å²) in [7, 11) is -2.41. The van der Waals surface area contributed by atoms with Crippen LogP contribution in [0.4, 0.5) is 0 Å². The third-order valence-electron chi connectivity index (χ3n) is 2.14. The maximum atomic E-state index is 11.8. The highest BCUT2D eigenvalue weighted by Crippen LogP contribution is 2.08. The summed E-state index contributed by atoms with van der Waals surface area (Å²) in [6, 6.07) is 0. The van der Waals surface area contributed by atoms with Gasteiger partial charge in [0.25, 0.3) is 10.0 Å². The molecule has 0 saturated carbocycles. The second kappa shape index (κ2) is 6.48. The standard InChI is InChI=1S/C9H14IN3O4S/c1-3-7-11-5-8(13-7)18(15,16)12-4-6(10)9(14)17-2/h5-6,12H,3-4H2,1-2H3,(H,11,13). The van der Waals surface area contributed by atoms with Gasteiger partial charge in [-0.3, -0.25) is 4.79 Å². The van der Waals surface area contributed by atoms with Crippen molar-refractivity contribution < 1.29 is 17.9 Å². The van der Waals surface area contributed by atoms with Crippen LogP contribution in [0, 0.1) is 0 Å². The van der Waals surface area contributed by atoms with Gasteiger partial charge in [0.2, 0.25) is 0 Å². The van der Waals surface area contributed by atoms with E-state index in [2.05, 4.69) is 19.4 Å². The van der Waals surface area contributed by atoms with Crippen molar-refractivity contribution in [2.75, 3.05) is 13.7 Å². The summed E-state index contributed by atoms with van der Waals surface area (Å²) in [6.07, 6.45) is 1.87. The van der Waals surface area contributed by atoms with Crippen LogP contribution in [-0.2, 0) is 26.0 Å². The van der Waals surface area contributed by atoms with Crippen LogP contribution in [0.3, 0.4) is 0 Å². The minimum absolute atomic E-state index is 0.00665. The Balaban J connectivity index is 2.68. The van der Waals surface area contributed by atoms with Crippen molar-refractivity contribution in [2.24, 2.45) is 0 Å². The Labute approximate surface area is 119 Å². The van der Waals surface area contributed by atoms with Gasteiger partial charge in [0.1, 0.15) is 9.75 Å². The van der Waals surface area contributed by atoms with Crippen LogP contribution in [-0.4, -0.2) is 41.9 Å². The number of nitrogens with one attached hydrogen (secondary N) is 2. The number of carbonyl (C=O) groups excluding carboxylic acids is 1. The molecule has 1 heterocycles. The van der Waals surface area contributed by atoms with E-state index in [9.17, 15) is 13.2 Å². The van der Waals surface area contributed by atoms with Crippen molar-refractivity contribution in [2.45, 2.75) is 22.3 Å². The lowest BCUT2D eigenvalue weighted by Gasteiger charge is -2.08. The summed E-state index contributed by atoms with van der Waals surface area (Å²) in [5.74, 6) is 0.117. The van der Waals surface area contributed by atoms with Crippen LogP contribution in [0.15, 0.2) is 11.2 Å². The van der Waals surface area contributed by atoms with Gasteiger partial charge in [0.05, 0.1) is 13.3 Å². The molecule has 9 heteroatoms. The van der Waals surface area contributed by atoms with Gasteiger partial charge in [0.15, 0.2) is 5.03 Å². The van der Waals surface area contributed by atoms with E-state index in [1.807, 2.05) is 29.5 Å². The molecule has 7 nitrogen and oxygen atoms in total. The number of imidazole rings is 1. The smallest absolute Gasteiger partial charge is 0.319 e. The van der Waals surface area contributed by atoms with Gasteiger partial charge in [0, 0.05) is 13.0 Å². The molecule has 0 radical (unpaired) electrons. The fourth-order valence-electron chi connectivity index (χ4n) is 1.13. The fourth-order valence-corrected chi connectivity index (χ4v) is 2.89. The van der Waals surface area contributed by atoms with Crippen molar-refractivity contribution in [3.63, 3.8) is 0 Å². The Morgan fingerprint density at radius 1 is 1.67 bits per heavy atom. The number of nitrogens with zero attached hydrogens (tertiary/aromatic N) is 1. The lowest BCUT2D eigenvalue weighted by atomic mass is 10.4. The van der Waals surface area contributed by atoms with E-state index in [1.165, 1.54) is 13.3 Å². The SMILES string of the molecule is CCc1ncc(S(=O)(=O)NCC(I)C(=O)OC)[nH]1. The highest BCUT2D eigenvalue weighted by atomic mass is 127. The average molecular weight is 387 g/mol. The number of hydrogen-bond donors (Lipinski definition) is 2. The molecular weight excluding hydrogens is 373 g/mol. The first-order chi connectivity index (χ1) is 8.40. The van der Waals surface area contributed by atoms with E-state index < -0.39 is 19.9 Å². The number of alkyl halides is 1. The fraction of sp³-hybridized carbons (Fsp3) is 0.556. The second-order valence-corrected chi connectivity index (χ2v) is 6.63. The van der Waals surface area contributed by atoms with E-state index in [4.69, 9.17) is 0 Å². The Kier molecular flexibility index (Phi) is 5.53. The third-order valence-corrected chi connectivity index (χ3v) is 4.42. The van der Waals surface area contributed by atoms with E-state index in [1.54, 1.807) is 0 Å². The van der Waals surface area contributed by atoms with Gasteiger partial charge in [-0.2, -0.15) is 0 Å². The minimum atomic E-state index is -3.67. The van der Waals surface area contributed by atoms with Gasteiger partial charge < -0.3 is 9.72 Å². The van der Waals surface area contributed by atoms with Crippen LogP contribution in [0.1, 0.15) is 12.7 Å². The van der Waals surface area contributed by atoms with Crippen molar-refractivity contribution in [1.82, 2.24) is 14.7 Å². The molecular formula is C9H14IN3O4S. The highest BCUT2D eigenvalue weighted by molar-refractivity contribution is 14.1. The predicted octanol–water partition coefficient (Wildman–Crippen LogP) is 0.227. The molecule has 0 aliphatic heterocycles. The van der Waals surface area contributed by atoms with Gasteiger partial charge in [-0.25, -0.2) is 18.1 Å². The number of halogens is 1. The molecule has 0 aromatic carbocycles. The maximum Gasteiger partial charge on any atom is 0.319 e. The summed E-state index contributed by atoms with van der Waals surface area (Å²) in [4.78, 5) is 17.7. The van der Waals surface area contributed by atoms with E-state index >= 15 is 0 Å². The molecule has 1 aromatic heterocycles. The zero-order valence-corrected chi connectivity index (χ0v) is 12.9. The summed E-state index contributed by atoms with van der Waals surface area (Å²) >= 11 is 1.81. The summed E-state index contributed by atoms with van der Waals surface area (Å²) in [5, 5.41) is -0.00665. The molecule has 102 valence electrons. The number of H-pyrrole nitrogens is 1. The first-order valence-electron chi connectivity index (χ1n) is 5.16. The molecule has 18 heavy (non-hydrogen) atoms. The second-order valence-electron chi connectivity index (χ2n) is 3.39. The number of sulfonamides is 1. The van der Waals surface area contributed by atoms with Crippen molar-refractivity contribution >= 4 is 38.6 Å². The number of aryl methyl sites for hydroxylation is 1. The molecule has 0 amide bonds. The van der Waals surface area contributed by atoms with Gasteiger partial charge in [-0.1, -0.05) is 29.5 Å². The summed E-state index contributed by atoms with van der Waals surface area (Å²) in [6.45, 7) is 1.83. The van der Waals surface area contributed by atoms with E-state index in [0.717, 1.165) is 0 Å². The molecule has 0 spiro atoms. The third kappa shape index (κ3) is 3.92. The maximum absolute atomic E-state index is 11.8. The lowest BCUT2D eigenvalue weighted by Crippen LogP contribution is -2.34. The molecule has 0 bridgehead atoms. The number of methoxy groups -OCH3 is 1. The van der Waals surface area contributed by atoms with Gasteiger partial charge in [-0.15, -0.1) is 0 Å². The normalized spacial score (nSPS) is 13.3. The number of aromatic amines is 1. The Bertz CT molecular complexity index is 514. The molecule has 0 fully saturated rings. The molecule has 1 atom stereocenters. The van der Waals surface area contributed by atoms with Crippen LogP contribution in [0.5, 0.6) is 0 Å². The number of rotatable bonds is 6. The van der Waals surface area contributed by atoms with Crippen LogP contribution in [0.25, 0.3) is 0 Å². The molecule has 0 aliphatic carbocycles. The molecule has 2 N–H and O–H groups in total. The first kappa shape index (κ1) is 15.4. The molecule has 1 unspecified atom stereocenters. The van der Waals surface area contributed by atoms with Crippen LogP contribution < -0.4 is 4.72 Å². The largest absolute Gasteiger partial charge is 0.468 e. The Hall–Kier alpha value is -0.680. The lowest BCUT2D eigenvalue weighted by molar-refractivity contribution is -0.139. The molecule has 0 saturated heterocycles. The van der Waals surface area contributed by atoms with Gasteiger partial charge in [-0.05, 0) is 0 Å². The van der Waals surface area contributed by atoms with Crippen LogP contribution in [0.2, 0.25) is 0 Å². The Morgan fingerprint density at radius 3 is 2.83 bits per heavy atom. The quantitative estimate of drug-likeness (QED) is 0.414. The van der Waals surface area contributed by atoms with Crippen molar-refractivity contribution in [3.05, 3.63) is 12.0 Å². The van der Waals surface area contributed by atoms with Gasteiger partial charge >= 0.3 is 5.97 Å². The van der Waals surface area contributed by atoms with E-state index in [0.29, 0.717) is 12.2 Å². The monoisotopic (exact) mass is 387 g/mol.